The van der Waals surface area contributed by atoms with Gasteiger partial charge in [0.25, 0.3) is 0 Å². The number of rotatable bonds is 6. The summed E-state index contributed by atoms with van der Waals surface area (Å²) < 4.78 is 7.25. The van der Waals surface area contributed by atoms with Crippen LogP contribution < -0.4 is 5.32 Å². The highest BCUT2D eigenvalue weighted by Gasteiger charge is 2.23. The summed E-state index contributed by atoms with van der Waals surface area (Å²) in [5.74, 6) is 0. The van der Waals surface area contributed by atoms with Crippen molar-refractivity contribution in [2.45, 2.75) is 32.2 Å². The third-order valence-electron chi connectivity index (χ3n) is 4.69. The van der Waals surface area contributed by atoms with Crippen LogP contribution in [0.15, 0.2) is 36.5 Å². The molecule has 1 fully saturated rings. The molecule has 1 aromatic heterocycles. The van der Waals surface area contributed by atoms with Crippen molar-refractivity contribution in [2.75, 3.05) is 26.8 Å². The number of amides is 2. The van der Waals surface area contributed by atoms with Crippen molar-refractivity contribution in [2.24, 2.45) is 0 Å². The van der Waals surface area contributed by atoms with Crippen molar-refractivity contribution in [1.29, 1.82) is 0 Å². The molecule has 25 heavy (non-hydrogen) atoms. The number of hydrogen-bond donors (Lipinski definition) is 1. The van der Waals surface area contributed by atoms with Crippen LogP contribution in [0.2, 0.25) is 0 Å². The lowest BCUT2D eigenvalue weighted by atomic mass is 10.1. The number of aromatic nitrogens is 2. The fourth-order valence-corrected chi connectivity index (χ4v) is 3.05. The van der Waals surface area contributed by atoms with Gasteiger partial charge in [-0.25, -0.2) is 9.48 Å². The van der Waals surface area contributed by atoms with Crippen LogP contribution in [0, 0.1) is 6.92 Å². The molecule has 0 saturated carbocycles. The molecule has 3 rings (SSSR count). The molecule has 2 aromatic rings. The molecule has 1 aliphatic rings. The Morgan fingerprint density at radius 3 is 2.92 bits per heavy atom. The highest BCUT2D eigenvalue weighted by Crippen LogP contribution is 2.13. The largest absolute Gasteiger partial charge is 0.379 e. The normalized spacial score (nSPS) is 16.8. The first kappa shape index (κ1) is 17.5. The monoisotopic (exact) mass is 342 g/mol. The molecule has 1 aliphatic heterocycles. The van der Waals surface area contributed by atoms with E-state index in [4.69, 9.17) is 4.74 Å². The van der Waals surface area contributed by atoms with Crippen LogP contribution in [0.5, 0.6) is 0 Å². The van der Waals surface area contributed by atoms with Crippen molar-refractivity contribution < 1.29 is 9.53 Å². The second-order valence-corrected chi connectivity index (χ2v) is 6.48. The minimum Gasteiger partial charge on any atom is -0.379 e. The van der Waals surface area contributed by atoms with E-state index in [0.717, 1.165) is 37.3 Å². The zero-order valence-electron chi connectivity index (χ0n) is 14.9. The first-order valence-corrected chi connectivity index (χ1v) is 8.84. The number of para-hydroxylation sites is 1. The van der Waals surface area contributed by atoms with Crippen molar-refractivity contribution in [3.63, 3.8) is 0 Å². The summed E-state index contributed by atoms with van der Waals surface area (Å²) in [6.07, 6.45) is 4.79. The summed E-state index contributed by atoms with van der Waals surface area (Å²) >= 11 is 0. The number of carbonyl (C=O) groups excluding carboxylic acids is 1. The minimum atomic E-state index is -0.0211. The molecule has 134 valence electrons. The third-order valence-corrected chi connectivity index (χ3v) is 4.69. The van der Waals surface area contributed by atoms with E-state index < -0.39 is 0 Å². The Kier molecular flexibility index (Phi) is 5.71. The number of nitrogens with zero attached hydrogens (tertiary/aromatic N) is 3. The molecule has 1 N–H and O–H groups in total. The first-order valence-electron chi connectivity index (χ1n) is 8.84. The molecule has 6 heteroatoms. The quantitative estimate of drug-likeness (QED) is 0.821. The molecule has 1 atom stereocenters. The molecular formula is C19H26N4O2. The summed E-state index contributed by atoms with van der Waals surface area (Å²) in [5, 5.41) is 7.57. The van der Waals surface area contributed by atoms with Crippen LogP contribution in [-0.4, -0.2) is 53.6 Å². The predicted octanol–water partition coefficient (Wildman–Crippen LogP) is 2.54. The summed E-state index contributed by atoms with van der Waals surface area (Å²) in [6.45, 7) is 4.07. The van der Waals surface area contributed by atoms with Gasteiger partial charge >= 0.3 is 6.03 Å². The fourth-order valence-electron chi connectivity index (χ4n) is 3.05. The number of hydrogen-bond acceptors (Lipinski definition) is 3. The van der Waals surface area contributed by atoms with Gasteiger partial charge in [0, 0.05) is 26.4 Å². The number of likely N-dealkylation sites (N-methyl/N-ethyl adjacent to an activating group) is 1. The average Bonchev–Trinajstić information content (AvgIpc) is 3.29. The molecule has 2 heterocycles. The minimum absolute atomic E-state index is 0.0211. The molecule has 0 radical (unpaired) electrons. The lowest BCUT2D eigenvalue weighted by molar-refractivity contribution is 0.158. The maximum absolute atomic E-state index is 12.1. The van der Waals surface area contributed by atoms with Gasteiger partial charge in [-0.2, -0.15) is 5.10 Å². The summed E-state index contributed by atoms with van der Waals surface area (Å²) in [6, 6.07) is 10.3. The predicted molar refractivity (Wildman–Crippen MR) is 97.0 cm³/mol. The zero-order chi connectivity index (χ0) is 17.6. The molecule has 1 aromatic carbocycles. The molecule has 0 unspecified atom stereocenters. The van der Waals surface area contributed by atoms with Gasteiger partial charge in [-0.3, -0.25) is 0 Å². The van der Waals surface area contributed by atoms with Gasteiger partial charge in [0.1, 0.15) is 0 Å². The summed E-state index contributed by atoms with van der Waals surface area (Å²) in [5.41, 5.74) is 3.32. The lowest BCUT2D eigenvalue weighted by Crippen LogP contribution is -2.44. The van der Waals surface area contributed by atoms with Crippen LogP contribution in [0.25, 0.3) is 5.69 Å². The van der Waals surface area contributed by atoms with E-state index in [-0.39, 0.29) is 12.1 Å². The average molecular weight is 342 g/mol. The van der Waals surface area contributed by atoms with E-state index in [2.05, 4.69) is 16.6 Å². The summed E-state index contributed by atoms with van der Waals surface area (Å²) in [4.78, 5) is 13.9. The summed E-state index contributed by atoms with van der Waals surface area (Å²) in [7, 11) is 1.84. The third kappa shape index (κ3) is 4.39. The molecule has 2 amide bonds. The van der Waals surface area contributed by atoms with E-state index >= 15 is 0 Å². The van der Waals surface area contributed by atoms with E-state index in [9.17, 15) is 4.79 Å². The van der Waals surface area contributed by atoms with E-state index in [1.807, 2.05) is 49.0 Å². The number of ether oxygens (including phenoxy) is 1. The van der Waals surface area contributed by atoms with E-state index in [1.165, 1.54) is 5.56 Å². The standard InChI is InChI=1S/C19H26N4O2/c1-15-16(13-23(21-15)17-8-4-3-5-9-17)7-6-11-20-19(24)22(2)18-10-12-25-14-18/h3-5,8-9,13,18H,6-7,10-12,14H2,1-2H3,(H,20,24)/t18-/m1/s1. The Bertz CT molecular complexity index is 693. The Morgan fingerprint density at radius 2 is 2.20 bits per heavy atom. The van der Waals surface area contributed by atoms with Crippen molar-refractivity contribution in [3.05, 3.63) is 47.8 Å². The Labute approximate surface area is 148 Å². The Hall–Kier alpha value is -2.34. The van der Waals surface area contributed by atoms with Gasteiger partial charge in [0.05, 0.1) is 24.0 Å². The number of aryl methyl sites for hydroxylation is 2. The second-order valence-electron chi connectivity index (χ2n) is 6.48. The van der Waals surface area contributed by atoms with Crippen LogP contribution in [0.3, 0.4) is 0 Å². The molecular weight excluding hydrogens is 316 g/mol. The van der Waals surface area contributed by atoms with Crippen molar-refractivity contribution >= 4 is 6.03 Å². The lowest BCUT2D eigenvalue weighted by Gasteiger charge is -2.23. The topological polar surface area (TPSA) is 59.4 Å². The van der Waals surface area contributed by atoms with Crippen LogP contribution in [0.1, 0.15) is 24.1 Å². The highest BCUT2D eigenvalue weighted by atomic mass is 16.5. The first-order chi connectivity index (χ1) is 12.1. The highest BCUT2D eigenvalue weighted by molar-refractivity contribution is 5.74. The smallest absolute Gasteiger partial charge is 0.317 e. The van der Waals surface area contributed by atoms with Crippen LogP contribution in [-0.2, 0) is 11.2 Å². The van der Waals surface area contributed by atoms with Gasteiger partial charge in [-0.05, 0) is 43.9 Å². The molecule has 1 saturated heterocycles. The molecule has 6 nitrogen and oxygen atoms in total. The number of nitrogens with one attached hydrogen (secondary N) is 1. The van der Waals surface area contributed by atoms with E-state index in [0.29, 0.717) is 13.2 Å². The Morgan fingerprint density at radius 1 is 1.40 bits per heavy atom. The molecule has 0 bridgehead atoms. The van der Waals surface area contributed by atoms with Gasteiger partial charge in [0.2, 0.25) is 0 Å². The zero-order valence-corrected chi connectivity index (χ0v) is 14.9. The van der Waals surface area contributed by atoms with Gasteiger partial charge in [-0.15, -0.1) is 0 Å². The van der Waals surface area contributed by atoms with Gasteiger partial charge in [-0.1, -0.05) is 18.2 Å². The van der Waals surface area contributed by atoms with Gasteiger partial charge < -0.3 is 15.0 Å². The van der Waals surface area contributed by atoms with Crippen molar-refractivity contribution in [1.82, 2.24) is 20.0 Å². The Balaban J connectivity index is 1.46. The van der Waals surface area contributed by atoms with Crippen molar-refractivity contribution in [3.8, 4) is 5.69 Å². The fraction of sp³-hybridized carbons (Fsp3) is 0.474. The number of benzene rings is 1. The number of urea groups is 1. The van der Waals surface area contributed by atoms with Crippen LogP contribution >= 0.6 is 0 Å². The van der Waals surface area contributed by atoms with Crippen LogP contribution in [0.4, 0.5) is 4.79 Å². The number of carbonyl (C=O) groups is 1. The second kappa shape index (κ2) is 8.16. The van der Waals surface area contributed by atoms with E-state index in [1.54, 1.807) is 4.90 Å². The molecule has 0 aliphatic carbocycles. The maximum atomic E-state index is 12.1. The van der Waals surface area contributed by atoms with Gasteiger partial charge in [0.15, 0.2) is 0 Å². The maximum Gasteiger partial charge on any atom is 0.317 e. The SMILES string of the molecule is Cc1nn(-c2ccccc2)cc1CCCNC(=O)N(C)[C@@H]1CCOC1. The molecule has 0 spiro atoms.